The molecular formula is C47H64O7Si. The quantitative estimate of drug-likeness (QED) is 0.0966. The molecule has 4 aromatic carbocycles. The van der Waals surface area contributed by atoms with Gasteiger partial charge in [-0.15, -0.1) is 0 Å². The lowest BCUT2D eigenvalue weighted by Gasteiger charge is -2.47. The molecule has 1 saturated heterocycles. The number of hydrogen-bond acceptors (Lipinski definition) is 7. The Morgan fingerprint density at radius 2 is 1.18 bits per heavy atom. The highest BCUT2D eigenvalue weighted by atomic mass is 28.4. The van der Waals surface area contributed by atoms with Gasteiger partial charge in [0, 0.05) is 45.0 Å². The first kappa shape index (κ1) is 42.9. The van der Waals surface area contributed by atoms with Crippen LogP contribution in [0, 0.1) is 17.8 Å². The Hall–Kier alpha value is -3.18. The normalized spacial score (nSPS) is 22.8. The van der Waals surface area contributed by atoms with Crippen LogP contribution in [0.15, 0.2) is 121 Å². The van der Waals surface area contributed by atoms with E-state index < -0.39 is 26.8 Å². The maximum atomic E-state index is 12.0. The summed E-state index contributed by atoms with van der Waals surface area (Å²) in [5.41, 5.74) is 2.15. The van der Waals surface area contributed by atoms with Gasteiger partial charge in [0.1, 0.15) is 6.10 Å². The smallest absolute Gasteiger partial charge is 0.261 e. The van der Waals surface area contributed by atoms with E-state index in [2.05, 4.69) is 126 Å². The van der Waals surface area contributed by atoms with Gasteiger partial charge in [-0.25, -0.2) is 0 Å². The van der Waals surface area contributed by atoms with E-state index in [1.165, 1.54) is 10.4 Å². The molecule has 5 rings (SSSR count). The molecule has 0 aliphatic carbocycles. The fourth-order valence-electron chi connectivity index (χ4n) is 8.55. The molecule has 0 aromatic heterocycles. The highest BCUT2D eigenvalue weighted by molar-refractivity contribution is 6.99. The van der Waals surface area contributed by atoms with Crippen LogP contribution in [0.3, 0.4) is 0 Å². The fraction of sp³-hybridized carbons (Fsp3) is 0.489. The standard InChI is InChI=1S/C47H64O7Si/c1-9-40-42(54-46(50-8)45(52-33-37-24-16-11-17-25-37)44(40)51-32-36-22-14-10-15-23-36)30-41(48)35(3)43(49-7)34(2)31-53-55(47(4,5)6,38-26-18-12-19-27-38)39-28-20-13-21-29-39/h10-29,34-35,40-46,48H,9,30-33H2,1-8H3/t34-,35-,40-,41+,42+,43+,44+,45+,46-/m0/s1. The van der Waals surface area contributed by atoms with Crippen LogP contribution in [-0.4, -0.2) is 71.1 Å². The molecule has 0 bridgehead atoms. The van der Waals surface area contributed by atoms with Gasteiger partial charge in [0.05, 0.1) is 37.6 Å². The molecule has 0 unspecified atom stereocenters. The Morgan fingerprint density at radius 1 is 0.709 bits per heavy atom. The average molecular weight is 769 g/mol. The Kier molecular flexibility index (Phi) is 15.9. The van der Waals surface area contributed by atoms with Crippen molar-refractivity contribution in [3.05, 3.63) is 132 Å². The third kappa shape index (κ3) is 10.4. The molecule has 1 N–H and O–H groups in total. The molecule has 1 aliphatic heterocycles. The van der Waals surface area contributed by atoms with Gasteiger partial charge >= 0.3 is 0 Å². The third-order valence-electron chi connectivity index (χ3n) is 11.5. The summed E-state index contributed by atoms with van der Waals surface area (Å²) in [6, 6.07) is 41.7. The Balaban J connectivity index is 1.33. The second kappa shape index (κ2) is 20.3. The molecule has 9 atom stereocenters. The summed E-state index contributed by atoms with van der Waals surface area (Å²) in [7, 11) is 0.639. The molecule has 7 nitrogen and oxygen atoms in total. The van der Waals surface area contributed by atoms with Crippen molar-refractivity contribution in [2.24, 2.45) is 17.8 Å². The number of methoxy groups -OCH3 is 2. The lowest BCUT2D eigenvalue weighted by molar-refractivity contribution is -0.303. The van der Waals surface area contributed by atoms with Crippen molar-refractivity contribution in [1.29, 1.82) is 0 Å². The summed E-state index contributed by atoms with van der Waals surface area (Å²) in [4.78, 5) is 0. The molecule has 0 radical (unpaired) electrons. The first-order valence-electron chi connectivity index (χ1n) is 20.0. The van der Waals surface area contributed by atoms with Gasteiger partial charge in [0.15, 0.2) is 6.29 Å². The summed E-state index contributed by atoms with van der Waals surface area (Å²) in [6.07, 6.45) is -1.58. The average Bonchev–Trinajstić information content (AvgIpc) is 3.20. The second-order valence-electron chi connectivity index (χ2n) is 16.2. The number of benzene rings is 4. The largest absolute Gasteiger partial charge is 0.407 e. The Labute approximate surface area is 331 Å². The summed E-state index contributed by atoms with van der Waals surface area (Å²) in [6.45, 7) is 14.6. The monoisotopic (exact) mass is 768 g/mol. The van der Waals surface area contributed by atoms with Gasteiger partial charge in [0.2, 0.25) is 0 Å². The molecule has 1 aliphatic rings. The lowest BCUT2D eigenvalue weighted by atomic mass is 9.80. The van der Waals surface area contributed by atoms with Gasteiger partial charge < -0.3 is 33.2 Å². The predicted molar refractivity (Wildman–Crippen MR) is 223 cm³/mol. The topological polar surface area (TPSA) is 75.6 Å². The highest BCUT2D eigenvalue weighted by Crippen LogP contribution is 2.39. The van der Waals surface area contributed by atoms with Crippen molar-refractivity contribution >= 4 is 18.7 Å². The zero-order valence-corrected chi connectivity index (χ0v) is 35.2. The summed E-state index contributed by atoms with van der Waals surface area (Å²) >= 11 is 0. The zero-order chi connectivity index (χ0) is 39.4. The van der Waals surface area contributed by atoms with Gasteiger partial charge in [0.25, 0.3) is 8.32 Å². The maximum absolute atomic E-state index is 12.0. The molecule has 0 saturated carbocycles. The van der Waals surface area contributed by atoms with Gasteiger partial charge in [-0.3, -0.25) is 0 Å². The SMILES string of the molecule is CC[C@@H]1[C@@H](OCc2ccccc2)[C@@H](OCc2ccccc2)[C@@H](OC)O[C@@H]1C[C@@H](O)[C@H](C)[C@H](OC)[C@@H](C)CO[Si](c1ccccc1)(c1ccccc1)C(C)(C)C. The van der Waals surface area contributed by atoms with Gasteiger partial charge in [-0.1, -0.05) is 163 Å². The van der Waals surface area contributed by atoms with Crippen LogP contribution in [0.25, 0.3) is 0 Å². The van der Waals surface area contributed by atoms with Crippen LogP contribution >= 0.6 is 0 Å². The van der Waals surface area contributed by atoms with Crippen molar-refractivity contribution in [3.8, 4) is 0 Å². The van der Waals surface area contributed by atoms with E-state index in [0.29, 0.717) is 26.2 Å². The lowest BCUT2D eigenvalue weighted by Crippen LogP contribution is -2.67. The molecule has 1 heterocycles. The predicted octanol–water partition coefficient (Wildman–Crippen LogP) is 8.17. The van der Waals surface area contributed by atoms with Crippen LogP contribution in [0.5, 0.6) is 0 Å². The summed E-state index contributed by atoms with van der Waals surface area (Å²) in [5.74, 6) is -0.259. The van der Waals surface area contributed by atoms with E-state index in [1.807, 2.05) is 36.4 Å². The van der Waals surface area contributed by atoms with E-state index in [0.717, 1.165) is 17.5 Å². The van der Waals surface area contributed by atoms with Crippen LogP contribution in [0.1, 0.15) is 65.5 Å². The molecule has 0 amide bonds. The molecular weight excluding hydrogens is 705 g/mol. The van der Waals surface area contributed by atoms with E-state index in [1.54, 1.807) is 14.2 Å². The van der Waals surface area contributed by atoms with E-state index in [-0.39, 0.29) is 41.1 Å². The molecule has 0 spiro atoms. The van der Waals surface area contributed by atoms with E-state index in [4.69, 9.17) is 28.1 Å². The minimum atomic E-state index is -2.75. The Morgan fingerprint density at radius 3 is 1.62 bits per heavy atom. The van der Waals surface area contributed by atoms with E-state index >= 15 is 0 Å². The Bertz CT molecular complexity index is 1610. The molecule has 55 heavy (non-hydrogen) atoms. The van der Waals surface area contributed by atoms with Gasteiger partial charge in [-0.2, -0.15) is 0 Å². The van der Waals surface area contributed by atoms with Crippen LogP contribution in [0.4, 0.5) is 0 Å². The number of ether oxygens (including phenoxy) is 5. The van der Waals surface area contributed by atoms with Crippen molar-refractivity contribution in [3.63, 3.8) is 0 Å². The zero-order valence-electron chi connectivity index (χ0n) is 34.2. The number of rotatable bonds is 19. The maximum Gasteiger partial charge on any atom is 0.261 e. The van der Waals surface area contributed by atoms with E-state index in [9.17, 15) is 5.11 Å². The molecule has 8 heteroatoms. The van der Waals surface area contributed by atoms with Crippen molar-refractivity contribution in [2.75, 3.05) is 20.8 Å². The summed E-state index contributed by atoms with van der Waals surface area (Å²) in [5, 5.41) is 14.4. The van der Waals surface area contributed by atoms with Gasteiger partial charge in [-0.05, 0) is 33.0 Å². The fourth-order valence-corrected chi connectivity index (χ4v) is 13.2. The number of aliphatic hydroxyl groups excluding tert-OH is 1. The van der Waals surface area contributed by atoms with Crippen molar-refractivity contribution in [2.45, 2.75) is 109 Å². The molecule has 4 aromatic rings. The first-order valence-corrected chi connectivity index (χ1v) is 21.9. The molecule has 298 valence electrons. The highest BCUT2D eigenvalue weighted by Gasteiger charge is 2.51. The second-order valence-corrected chi connectivity index (χ2v) is 20.5. The minimum absolute atomic E-state index is 0.00464. The third-order valence-corrected chi connectivity index (χ3v) is 16.5. The first-order chi connectivity index (χ1) is 26.5. The van der Waals surface area contributed by atoms with Crippen molar-refractivity contribution in [1.82, 2.24) is 0 Å². The minimum Gasteiger partial charge on any atom is -0.407 e. The van der Waals surface area contributed by atoms with Crippen LogP contribution in [0.2, 0.25) is 5.04 Å². The summed E-state index contributed by atoms with van der Waals surface area (Å²) < 4.78 is 39.5. The van der Waals surface area contributed by atoms with Crippen LogP contribution in [-0.2, 0) is 41.3 Å². The molecule has 1 fully saturated rings. The van der Waals surface area contributed by atoms with Crippen molar-refractivity contribution < 1.29 is 33.2 Å². The number of hydrogen-bond donors (Lipinski definition) is 1. The number of aliphatic hydroxyl groups is 1. The van der Waals surface area contributed by atoms with Crippen LogP contribution < -0.4 is 10.4 Å².